The summed E-state index contributed by atoms with van der Waals surface area (Å²) in [6.07, 6.45) is 2.68. The van der Waals surface area contributed by atoms with Crippen LogP contribution in [-0.4, -0.2) is 27.6 Å². The first kappa shape index (κ1) is 21.6. The van der Waals surface area contributed by atoms with Gasteiger partial charge in [-0.25, -0.2) is 9.97 Å². The largest absolute Gasteiger partial charge is 0.497 e. The Morgan fingerprint density at radius 1 is 1.09 bits per heavy atom. The van der Waals surface area contributed by atoms with Gasteiger partial charge in [0.15, 0.2) is 5.65 Å². The highest BCUT2D eigenvalue weighted by Gasteiger charge is 2.15. The molecule has 1 unspecified atom stereocenters. The summed E-state index contributed by atoms with van der Waals surface area (Å²) >= 11 is 0. The molecule has 2 aromatic carbocycles. The number of imidazole rings is 1. The molecule has 1 atom stereocenters. The minimum atomic E-state index is -0.0390. The van der Waals surface area contributed by atoms with Gasteiger partial charge in [-0.05, 0) is 49.2 Å². The number of aryl methyl sites for hydroxylation is 2. The predicted molar refractivity (Wildman–Crippen MR) is 126 cm³/mol. The van der Waals surface area contributed by atoms with Gasteiger partial charge in [-0.2, -0.15) is 0 Å². The first-order chi connectivity index (χ1) is 15.5. The van der Waals surface area contributed by atoms with Crippen LogP contribution in [0.2, 0.25) is 0 Å². The molecule has 2 aromatic heterocycles. The lowest BCUT2D eigenvalue weighted by atomic mass is 10.1. The zero-order valence-corrected chi connectivity index (χ0v) is 18.7. The maximum Gasteiger partial charge on any atom is 0.220 e. The number of benzene rings is 2. The third-order valence-corrected chi connectivity index (χ3v) is 5.61. The van der Waals surface area contributed by atoms with E-state index in [1.807, 2.05) is 43.3 Å². The van der Waals surface area contributed by atoms with Crippen LogP contribution in [0, 0.1) is 6.92 Å². The average molecular weight is 429 g/mol. The zero-order valence-electron chi connectivity index (χ0n) is 18.7. The average Bonchev–Trinajstić information content (AvgIpc) is 3.16. The second-order valence-electron chi connectivity index (χ2n) is 8.01. The fourth-order valence-corrected chi connectivity index (χ4v) is 3.75. The number of fused-ring (bicyclic) bond motifs is 1. The van der Waals surface area contributed by atoms with Crippen LogP contribution in [0.1, 0.15) is 41.9 Å². The van der Waals surface area contributed by atoms with Crippen molar-refractivity contribution in [3.63, 3.8) is 0 Å². The van der Waals surface area contributed by atoms with Crippen LogP contribution in [0.5, 0.6) is 5.75 Å². The molecule has 0 saturated heterocycles. The number of nitrogens with zero attached hydrogens (tertiary/aromatic N) is 3. The quantitative estimate of drug-likeness (QED) is 0.445. The van der Waals surface area contributed by atoms with Gasteiger partial charge in [-0.3, -0.25) is 4.79 Å². The van der Waals surface area contributed by atoms with E-state index in [0.29, 0.717) is 19.4 Å². The van der Waals surface area contributed by atoms with E-state index in [1.54, 1.807) is 13.3 Å². The van der Waals surface area contributed by atoms with Crippen LogP contribution in [0.15, 0.2) is 66.9 Å². The second kappa shape index (κ2) is 9.64. The Labute approximate surface area is 188 Å². The molecule has 32 heavy (non-hydrogen) atoms. The predicted octanol–water partition coefficient (Wildman–Crippen LogP) is 4.61. The highest BCUT2D eigenvalue weighted by molar-refractivity contribution is 5.77. The van der Waals surface area contributed by atoms with Crippen molar-refractivity contribution >= 4 is 17.1 Å². The van der Waals surface area contributed by atoms with Gasteiger partial charge in [0.25, 0.3) is 0 Å². The molecule has 0 aliphatic heterocycles. The summed E-state index contributed by atoms with van der Waals surface area (Å²) < 4.78 is 7.35. The number of amides is 1. The third kappa shape index (κ3) is 4.97. The van der Waals surface area contributed by atoms with Gasteiger partial charge in [-0.1, -0.05) is 42.0 Å². The molecule has 6 nitrogen and oxygen atoms in total. The lowest BCUT2D eigenvalue weighted by Gasteiger charge is -2.15. The molecule has 164 valence electrons. The van der Waals surface area contributed by atoms with Crippen LogP contribution in [0.4, 0.5) is 0 Å². The summed E-state index contributed by atoms with van der Waals surface area (Å²) in [5, 5.41) is 3.10. The van der Waals surface area contributed by atoms with E-state index in [4.69, 9.17) is 9.72 Å². The summed E-state index contributed by atoms with van der Waals surface area (Å²) in [4.78, 5) is 21.9. The van der Waals surface area contributed by atoms with Gasteiger partial charge in [0, 0.05) is 19.0 Å². The molecule has 4 rings (SSSR count). The van der Waals surface area contributed by atoms with Gasteiger partial charge >= 0.3 is 0 Å². The second-order valence-corrected chi connectivity index (χ2v) is 8.01. The SMILES string of the molecule is COc1ccc(Cn2c(CCC(=O)NC(C)c3ccc(C)cc3)nc3cccnc32)cc1. The number of carbonyl (C=O) groups excluding carboxylic acids is 1. The Kier molecular flexibility index (Phi) is 6.50. The number of ether oxygens (including phenoxy) is 1. The number of methoxy groups -OCH3 is 1. The van der Waals surface area contributed by atoms with Crippen molar-refractivity contribution in [1.82, 2.24) is 19.9 Å². The Morgan fingerprint density at radius 3 is 2.56 bits per heavy atom. The number of pyridine rings is 1. The fraction of sp³-hybridized carbons (Fsp3) is 0.269. The molecule has 0 aliphatic rings. The zero-order chi connectivity index (χ0) is 22.5. The van der Waals surface area contributed by atoms with E-state index in [-0.39, 0.29) is 11.9 Å². The van der Waals surface area contributed by atoms with Gasteiger partial charge in [0.1, 0.15) is 17.1 Å². The first-order valence-electron chi connectivity index (χ1n) is 10.8. The van der Waals surface area contributed by atoms with E-state index in [9.17, 15) is 4.79 Å². The monoisotopic (exact) mass is 428 g/mol. The number of rotatable bonds is 8. The number of hydrogen-bond donors (Lipinski definition) is 1. The summed E-state index contributed by atoms with van der Waals surface area (Å²) in [5.74, 6) is 1.68. The number of carbonyl (C=O) groups is 1. The molecule has 0 saturated carbocycles. The van der Waals surface area contributed by atoms with Crippen molar-refractivity contribution in [3.05, 3.63) is 89.4 Å². The lowest BCUT2D eigenvalue weighted by Crippen LogP contribution is -2.27. The molecule has 0 spiro atoms. The van der Waals surface area contributed by atoms with Gasteiger partial charge < -0.3 is 14.6 Å². The normalized spacial score (nSPS) is 12.0. The Morgan fingerprint density at radius 2 is 1.84 bits per heavy atom. The molecule has 1 amide bonds. The molecule has 0 aliphatic carbocycles. The van der Waals surface area contributed by atoms with Crippen LogP contribution >= 0.6 is 0 Å². The number of nitrogens with one attached hydrogen (secondary N) is 1. The highest BCUT2D eigenvalue weighted by atomic mass is 16.5. The molecular weight excluding hydrogens is 400 g/mol. The van der Waals surface area contributed by atoms with Gasteiger partial charge in [0.05, 0.1) is 19.7 Å². The molecule has 0 fully saturated rings. The summed E-state index contributed by atoms with van der Waals surface area (Å²) in [7, 11) is 1.66. The highest BCUT2D eigenvalue weighted by Crippen LogP contribution is 2.19. The Balaban J connectivity index is 1.47. The van der Waals surface area contributed by atoms with Crippen LogP contribution in [-0.2, 0) is 17.8 Å². The van der Waals surface area contributed by atoms with Crippen molar-refractivity contribution in [1.29, 1.82) is 0 Å². The fourth-order valence-electron chi connectivity index (χ4n) is 3.75. The lowest BCUT2D eigenvalue weighted by molar-refractivity contribution is -0.121. The van der Waals surface area contributed by atoms with Gasteiger partial charge in [0.2, 0.25) is 5.91 Å². The van der Waals surface area contributed by atoms with Crippen LogP contribution in [0.25, 0.3) is 11.2 Å². The van der Waals surface area contributed by atoms with Crippen molar-refractivity contribution < 1.29 is 9.53 Å². The molecule has 1 N–H and O–H groups in total. The van der Waals surface area contributed by atoms with Crippen LogP contribution < -0.4 is 10.1 Å². The van der Waals surface area contributed by atoms with E-state index >= 15 is 0 Å². The minimum Gasteiger partial charge on any atom is -0.497 e. The van der Waals surface area contributed by atoms with E-state index < -0.39 is 0 Å². The topological polar surface area (TPSA) is 69.0 Å². The first-order valence-corrected chi connectivity index (χ1v) is 10.8. The number of aromatic nitrogens is 3. The standard InChI is InChI=1S/C26H28N4O2/c1-18-6-10-21(11-7-18)19(2)28-25(31)15-14-24-29-23-5-4-16-27-26(23)30(24)17-20-8-12-22(32-3)13-9-20/h4-13,16,19H,14-15,17H2,1-3H3,(H,28,31). The smallest absolute Gasteiger partial charge is 0.220 e. The Bertz CT molecular complexity index is 1200. The molecule has 6 heteroatoms. The molecular formula is C26H28N4O2. The van der Waals surface area contributed by atoms with E-state index in [0.717, 1.165) is 33.9 Å². The van der Waals surface area contributed by atoms with Crippen molar-refractivity contribution in [2.75, 3.05) is 7.11 Å². The van der Waals surface area contributed by atoms with Crippen molar-refractivity contribution in [2.45, 2.75) is 39.3 Å². The minimum absolute atomic E-state index is 0.00841. The van der Waals surface area contributed by atoms with E-state index in [1.165, 1.54) is 5.56 Å². The maximum atomic E-state index is 12.6. The van der Waals surface area contributed by atoms with E-state index in [2.05, 4.69) is 46.1 Å². The van der Waals surface area contributed by atoms with Crippen molar-refractivity contribution in [2.24, 2.45) is 0 Å². The third-order valence-electron chi connectivity index (χ3n) is 5.61. The maximum absolute atomic E-state index is 12.6. The molecule has 2 heterocycles. The number of hydrogen-bond acceptors (Lipinski definition) is 4. The molecule has 0 bridgehead atoms. The molecule has 0 radical (unpaired) electrons. The summed E-state index contributed by atoms with van der Waals surface area (Å²) in [6.45, 7) is 4.69. The Hall–Kier alpha value is -3.67. The summed E-state index contributed by atoms with van der Waals surface area (Å²) in [6, 6.07) is 20.0. The summed E-state index contributed by atoms with van der Waals surface area (Å²) in [5.41, 5.74) is 5.09. The molecule has 4 aromatic rings. The van der Waals surface area contributed by atoms with Gasteiger partial charge in [-0.15, -0.1) is 0 Å². The van der Waals surface area contributed by atoms with Crippen molar-refractivity contribution in [3.8, 4) is 5.75 Å². The van der Waals surface area contributed by atoms with Crippen LogP contribution in [0.3, 0.4) is 0 Å².